The Morgan fingerprint density at radius 1 is 1.47 bits per heavy atom. The van der Waals surface area contributed by atoms with Crippen LogP contribution < -0.4 is 10.6 Å². The van der Waals surface area contributed by atoms with E-state index in [2.05, 4.69) is 29.6 Å². The van der Waals surface area contributed by atoms with Crippen LogP contribution in [0, 0.1) is 13.8 Å². The average Bonchev–Trinajstić information content (AvgIpc) is 2.62. The van der Waals surface area contributed by atoms with Gasteiger partial charge in [-0.1, -0.05) is 18.5 Å². The number of halogens is 1. The average molecular weight is 303 g/mol. The molecule has 0 aliphatic heterocycles. The molecule has 6 heteroatoms. The van der Waals surface area contributed by atoms with Gasteiger partial charge in [0.05, 0.1) is 16.4 Å². The molecule has 0 saturated heterocycles. The van der Waals surface area contributed by atoms with Gasteiger partial charge in [-0.2, -0.15) is 5.10 Å². The highest BCUT2D eigenvalue weighted by Gasteiger charge is 2.08. The molecule has 2 N–H and O–H groups in total. The van der Waals surface area contributed by atoms with Gasteiger partial charge in [0, 0.05) is 19.1 Å². The summed E-state index contributed by atoms with van der Waals surface area (Å²) in [5.41, 5.74) is 1.92. The van der Waals surface area contributed by atoms with Gasteiger partial charge in [-0.3, -0.25) is 4.68 Å². The minimum absolute atomic E-state index is 0.412. The van der Waals surface area contributed by atoms with E-state index in [4.69, 9.17) is 23.8 Å². The van der Waals surface area contributed by atoms with Gasteiger partial charge in [0.15, 0.2) is 5.11 Å². The van der Waals surface area contributed by atoms with E-state index >= 15 is 0 Å². The second-order valence-corrected chi connectivity index (χ2v) is 5.56. The van der Waals surface area contributed by atoms with Gasteiger partial charge in [-0.25, -0.2) is 0 Å². The molecule has 0 aliphatic rings. The van der Waals surface area contributed by atoms with Crippen LogP contribution in [0.25, 0.3) is 0 Å². The second-order valence-electron chi connectivity index (χ2n) is 4.77. The highest BCUT2D eigenvalue weighted by Crippen LogP contribution is 2.18. The lowest BCUT2D eigenvalue weighted by Gasteiger charge is -2.15. The van der Waals surface area contributed by atoms with Gasteiger partial charge in [-0.05, 0) is 45.8 Å². The van der Waals surface area contributed by atoms with Crippen molar-refractivity contribution < 1.29 is 0 Å². The Morgan fingerprint density at radius 3 is 2.68 bits per heavy atom. The molecule has 0 radical (unpaired) electrons. The zero-order chi connectivity index (χ0) is 14.4. The maximum Gasteiger partial charge on any atom is 0.166 e. The van der Waals surface area contributed by atoms with E-state index in [1.807, 2.05) is 18.5 Å². The van der Waals surface area contributed by atoms with Crippen molar-refractivity contribution >= 4 is 28.9 Å². The van der Waals surface area contributed by atoms with Crippen molar-refractivity contribution in [2.45, 2.75) is 53.1 Å². The number of hydrogen-bond donors (Lipinski definition) is 2. The van der Waals surface area contributed by atoms with E-state index in [-0.39, 0.29) is 0 Å². The summed E-state index contributed by atoms with van der Waals surface area (Å²) in [5, 5.41) is 12.3. The molecule has 0 saturated carbocycles. The predicted molar refractivity (Wildman–Crippen MR) is 84.8 cm³/mol. The van der Waals surface area contributed by atoms with Crippen LogP contribution in [0.1, 0.15) is 38.1 Å². The van der Waals surface area contributed by atoms with Gasteiger partial charge >= 0.3 is 0 Å². The second kappa shape index (κ2) is 7.70. The minimum atomic E-state index is 0.412. The summed E-state index contributed by atoms with van der Waals surface area (Å²) < 4.78 is 1.95. The number of hydrogen-bond acceptors (Lipinski definition) is 2. The normalized spacial score (nSPS) is 12.3. The first-order valence-corrected chi connectivity index (χ1v) is 7.48. The zero-order valence-electron chi connectivity index (χ0n) is 12.1. The first-order valence-electron chi connectivity index (χ1n) is 6.69. The molecule has 1 aromatic heterocycles. The number of nitrogens with zero attached hydrogens (tertiary/aromatic N) is 2. The summed E-state index contributed by atoms with van der Waals surface area (Å²) in [6.07, 6.45) is 2.02. The Balaban J connectivity index is 2.27. The van der Waals surface area contributed by atoms with Crippen molar-refractivity contribution in [1.82, 2.24) is 20.4 Å². The third-order valence-electron chi connectivity index (χ3n) is 3.12. The van der Waals surface area contributed by atoms with Crippen LogP contribution in [-0.4, -0.2) is 27.5 Å². The molecule has 1 unspecified atom stereocenters. The van der Waals surface area contributed by atoms with Gasteiger partial charge in [0.2, 0.25) is 0 Å². The van der Waals surface area contributed by atoms with Gasteiger partial charge < -0.3 is 10.6 Å². The fraction of sp³-hybridized carbons (Fsp3) is 0.692. The summed E-state index contributed by atoms with van der Waals surface area (Å²) in [6, 6.07) is 0.412. The Kier molecular flexibility index (Phi) is 6.58. The number of nitrogens with one attached hydrogen (secondary N) is 2. The van der Waals surface area contributed by atoms with Crippen LogP contribution in [0.2, 0.25) is 5.02 Å². The van der Waals surface area contributed by atoms with Crippen LogP contribution in [0.4, 0.5) is 0 Å². The van der Waals surface area contributed by atoms with Crippen molar-refractivity contribution in [2.24, 2.45) is 0 Å². The fourth-order valence-corrected chi connectivity index (χ4v) is 2.14. The molecule has 1 aromatic rings. The highest BCUT2D eigenvalue weighted by atomic mass is 35.5. The van der Waals surface area contributed by atoms with Crippen molar-refractivity contribution in [1.29, 1.82) is 0 Å². The molecule has 4 nitrogen and oxygen atoms in total. The van der Waals surface area contributed by atoms with E-state index in [0.717, 1.165) is 47.5 Å². The lowest BCUT2D eigenvalue weighted by molar-refractivity contribution is 0.553. The molecule has 0 spiro atoms. The maximum absolute atomic E-state index is 6.11. The Hall–Kier alpha value is -0.810. The van der Waals surface area contributed by atoms with Gasteiger partial charge in [-0.15, -0.1) is 0 Å². The summed E-state index contributed by atoms with van der Waals surface area (Å²) in [4.78, 5) is 0. The fourth-order valence-electron chi connectivity index (χ4n) is 1.70. The third-order valence-corrected chi connectivity index (χ3v) is 3.92. The van der Waals surface area contributed by atoms with E-state index < -0.39 is 0 Å². The maximum atomic E-state index is 6.11. The Morgan fingerprint density at radius 2 is 2.16 bits per heavy atom. The zero-order valence-corrected chi connectivity index (χ0v) is 13.7. The molecular weight excluding hydrogens is 280 g/mol. The topological polar surface area (TPSA) is 41.9 Å². The van der Waals surface area contributed by atoms with Crippen molar-refractivity contribution in [3.63, 3.8) is 0 Å². The number of rotatable bonds is 6. The Bertz CT molecular complexity index is 431. The lowest BCUT2D eigenvalue weighted by atomic mass is 10.3. The van der Waals surface area contributed by atoms with Crippen molar-refractivity contribution in [3.8, 4) is 0 Å². The molecule has 1 rings (SSSR count). The Labute approximate surface area is 125 Å². The summed E-state index contributed by atoms with van der Waals surface area (Å²) in [7, 11) is 0. The van der Waals surface area contributed by atoms with Crippen molar-refractivity contribution in [2.75, 3.05) is 6.54 Å². The van der Waals surface area contributed by atoms with Crippen LogP contribution in [0.15, 0.2) is 0 Å². The molecule has 19 heavy (non-hydrogen) atoms. The standard InChI is InChI=1S/C13H23ClN4S/c1-5-9(2)16-13(19)15-7-6-8-18-11(4)12(14)10(3)17-18/h9H,5-8H2,1-4H3,(H2,15,16,19). The van der Waals surface area contributed by atoms with E-state index in [0.29, 0.717) is 6.04 Å². The van der Waals surface area contributed by atoms with Gasteiger partial charge in [0.25, 0.3) is 0 Å². The number of aromatic nitrogens is 2. The quantitative estimate of drug-likeness (QED) is 0.626. The van der Waals surface area contributed by atoms with Gasteiger partial charge in [0.1, 0.15) is 0 Å². The van der Waals surface area contributed by atoms with E-state index in [9.17, 15) is 0 Å². The van der Waals surface area contributed by atoms with Crippen LogP contribution in [0.3, 0.4) is 0 Å². The molecule has 0 amide bonds. The number of aryl methyl sites for hydroxylation is 2. The van der Waals surface area contributed by atoms with Crippen molar-refractivity contribution in [3.05, 3.63) is 16.4 Å². The summed E-state index contributed by atoms with van der Waals surface area (Å²) in [5.74, 6) is 0. The summed E-state index contributed by atoms with van der Waals surface area (Å²) >= 11 is 11.3. The first kappa shape index (κ1) is 16.2. The molecule has 0 aliphatic carbocycles. The smallest absolute Gasteiger partial charge is 0.166 e. The van der Waals surface area contributed by atoms with E-state index in [1.165, 1.54) is 0 Å². The third kappa shape index (κ3) is 4.99. The number of thiocarbonyl (C=S) groups is 1. The molecule has 0 aromatic carbocycles. The molecule has 1 heterocycles. The molecule has 0 bridgehead atoms. The van der Waals surface area contributed by atoms with Crippen LogP contribution >= 0.6 is 23.8 Å². The first-order chi connectivity index (χ1) is 8.95. The van der Waals surface area contributed by atoms with Crippen LogP contribution in [0.5, 0.6) is 0 Å². The van der Waals surface area contributed by atoms with E-state index in [1.54, 1.807) is 0 Å². The predicted octanol–water partition coefficient (Wildman–Crippen LogP) is 2.81. The van der Waals surface area contributed by atoms with Crippen LogP contribution in [-0.2, 0) is 6.54 Å². The SMILES string of the molecule is CCC(C)NC(=S)NCCCn1nc(C)c(Cl)c1C. The molecule has 1 atom stereocenters. The minimum Gasteiger partial charge on any atom is -0.363 e. The largest absolute Gasteiger partial charge is 0.363 e. The molecular formula is C13H23ClN4S. The monoisotopic (exact) mass is 302 g/mol. The lowest BCUT2D eigenvalue weighted by Crippen LogP contribution is -2.40. The molecule has 0 fully saturated rings. The highest BCUT2D eigenvalue weighted by molar-refractivity contribution is 7.80. The summed E-state index contributed by atoms with van der Waals surface area (Å²) in [6.45, 7) is 9.84. The molecule has 108 valence electrons.